The fourth-order valence-corrected chi connectivity index (χ4v) is 2.47. The van der Waals surface area contributed by atoms with Gasteiger partial charge in [-0.2, -0.15) is 4.98 Å². The van der Waals surface area contributed by atoms with E-state index in [1.54, 1.807) is 19.3 Å². The van der Waals surface area contributed by atoms with Crippen molar-refractivity contribution in [3.05, 3.63) is 34.5 Å². The molecule has 0 amide bonds. The van der Waals surface area contributed by atoms with Crippen molar-refractivity contribution in [2.45, 2.75) is 19.9 Å². The van der Waals surface area contributed by atoms with E-state index in [-0.39, 0.29) is 30.0 Å². The SMILES string of the molecule is Cc1nc(N2CCOC[C@@H]2C)nc(-n2ccnc2)c1[N+](=O)[O-].Cl. The predicted octanol–water partition coefficient (Wildman–Crippen LogP) is 1.53. The van der Waals surface area contributed by atoms with E-state index in [1.807, 2.05) is 11.8 Å². The largest absolute Gasteiger partial charge is 0.377 e. The van der Waals surface area contributed by atoms with Crippen molar-refractivity contribution < 1.29 is 9.66 Å². The molecule has 2 aromatic rings. The first-order valence-corrected chi connectivity index (χ1v) is 6.93. The molecule has 124 valence electrons. The van der Waals surface area contributed by atoms with Gasteiger partial charge in [-0.15, -0.1) is 12.4 Å². The Balaban J connectivity index is 0.00000192. The minimum absolute atomic E-state index is 0. The van der Waals surface area contributed by atoms with E-state index in [0.717, 1.165) is 0 Å². The Labute approximate surface area is 138 Å². The van der Waals surface area contributed by atoms with Gasteiger partial charge in [0.05, 0.1) is 24.2 Å². The van der Waals surface area contributed by atoms with Crippen LogP contribution in [0.5, 0.6) is 0 Å². The molecule has 1 aliphatic heterocycles. The topological polar surface area (TPSA) is 99.2 Å². The van der Waals surface area contributed by atoms with Crippen molar-refractivity contribution in [2.75, 3.05) is 24.7 Å². The summed E-state index contributed by atoms with van der Waals surface area (Å²) in [4.78, 5) is 25.6. The van der Waals surface area contributed by atoms with Crippen LogP contribution in [0, 0.1) is 17.0 Å². The Morgan fingerprint density at radius 1 is 1.43 bits per heavy atom. The summed E-state index contributed by atoms with van der Waals surface area (Å²) in [6.45, 7) is 5.46. The van der Waals surface area contributed by atoms with Gasteiger partial charge in [-0.25, -0.2) is 9.97 Å². The lowest BCUT2D eigenvalue weighted by atomic mass is 10.2. The minimum atomic E-state index is -0.461. The van der Waals surface area contributed by atoms with Gasteiger partial charge in [-0.05, 0) is 13.8 Å². The zero-order valence-electron chi connectivity index (χ0n) is 12.7. The van der Waals surface area contributed by atoms with E-state index in [2.05, 4.69) is 15.0 Å². The molecule has 3 heterocycles. The van der Waals surface area contributed by atoms with E-state index in [4.69, 9.17) is 4.74 Å². The van der Waals surface area contributed by atoms with Gasteiger partial charge >= 0.3 is 5.69 Å². The summed E-state index contributed by atoms with van der Waals surface area (Å²) in [6.07, 6.45) is 4.67. The third-order valence-corrected chi connectivity index (χ3v) is 3.58. The molecule has 1 saturated heterocycles. The number of hydrogen-bond acceptors (Lipinski definition) is 7. The highest BCUT2D eigenvalue weighted by Gasteiger charge is 2.28. The summed E-state index contributed by atoms with van der Waals surface area (Å²) < 4.78 is 6.94. The van der Waals surface area contributed by atoms with Crippen molar-refractivity contribution in [3.8, 4) is 5.82 Å². The van der Waals surface area contributed by atoms with Crippen molar-refractivity contribution in [2.24, 2.45) is 0 Å². The van der Waals surface area contributed by atoms with E-state index in [9.17, 15) is 10.1 Å². The van der Waals surface area contributed by atoms with Crippen LogP contribution in [0.4, 0.5) is 11.6 Å². The molecule has 2 aromatic heterocycles. The van der Waals surface area contributed by atoms with Gasteiger partial charge in [0.15, 0.2) is 0 Å². The Hall–Kier alpha value is -2.26. The molecular formula is C13H17ClN6O3. The molecule has 0 radical (unpaired) electrons. The number of nitro groups is 1. The lowest BCUT2D eigenvalue weighted by molar-refractivity contribution is -0.385. The Morgan fingerprint density at radius 3 is 2.83 bits per heavy atom. The normalized spacial score (nSPS) is 17.7. The first-order valence-electron chi connectivity index (χ1n) is 6.93. The van der Waals surface area contributed by atoms with Gasteiger partial charge in [-0.1, -0.05) is 0 Å². The first kappa shape index (κ1) is 17.1. The molecule has 0 spiro atoms. The molecular weight excluding hydrogens is 324 g/mol. The smallest absolute Gasteiger partial charge is 0.333 e. The third kappa shape index (κ3) is 3.25. The number of anilines is 1. The average molecular weight is 341 g/mol. The molecule has 0 bridgehead atoms. The molecule has 0 N–H and O–H groups in total. The monoisotopic (exact) mass is 340 g/mol. The highest BCUT2D eigenvalue weighted by molar-refractivity contribution is 5.85. The van der Waals surface area contributed by atoms with E-state index >= 15 is 0 Å². The van der Waals surface area contributed by atoms with Crippen LogP contribution < -0.4 is 4.90 Å². The molecule has 1 aliphatic rings. The standard InChI is InChI=1S/C13H16N6O3.ClH/c1-9-7-22-6-5-18(9)13-15-10(2)11(19(20)21)12(16-13)17-4-3-14-8-17;/h3-4,8-9H,5-7H2,1-2H3;1H/t9-;/m0./s1. The molecule has 0 aliphatic carbocycles. The van der Waals surface area contributed by atoms with Crippen LogP contribution in [0.15, 0.2) is 18.7 Å². The molecule has 23 heavy (non-hydrogen) atoms. The Bertz CT molecular complexity index is 693. The van der Waals surface area contributed by atoms with E-state index < -0.39 is 4.92 Å². The van der Waals surface area contributed by atoms with Gasteiger partial charge in [0.1, 0.15) is 12.0 Å². The number of ether oxygens (including phenoxy) is 1. The van der Waals surface area contributed by atoms with Crippen LogP contribution in [0.25, 0.3) is 5.82 Å². The number of halogens is 1. The van der Waals surface area contributed by atoms with Crippen LogP contribution in [-0.4, -0.2) is 50.2 Å². The number of imidazole rings is 1. The molecule has 9 nitrogen and oxygen atoms in total. The van der Waals surface area contributed by atoms with Crippen molar-refractivity contribution in [1.82, 2.24) is 19.5 Å². The summed E-state index contributed by atoms with van der Waals surface area (Å²) in [5.41, 5.74) is 0.222. The average Bonchev–Trinajstić information content (AvgIpc) is 3.00. The zero-order chi connectivity index (χ0) is 15.7. The highest BCUT2D eigenvalue weighted by atomic mass is 35.5. The number of rotatable bonds is 3. The second-order valence-electron chi connectivity index (χ2n) is 5.13. The predicted molar refractivity (Wildman–Crippen MR) is 85.4 cm³/mol. The van der Waals surface area contributed by atoms with Gasteiger partial charge < -0.3 is 9.64 Å². The van der Waals surface area contributed by atoms with Crippen LogP contribution in [0.1, 0.15) is 12.6 Å². The number of aryl methyl sites for hydroxylation is 1. The lowest BCUT2D eigenvalue weighted by Gasteiger charge is -2.33. The van der Waals surface area contributed by atoms with Crippen LogP contribution in [-0.2, 0) is 4.74 Å². The highest BCUT2D eigenvalue weighted by Crippen LogP contribution is 2.27. The molecule has 0 unspecified atom stereocenters. The van der Waals surface area contributed by atoms with E-state index in [0.29, 0.717) is 31.4 Å². The van der Waals surface area contributed by atoms with E-state index in [1.165, 1.54) is 10.9 Å². The number of morpholine rings is 1. The summed E-state index contributed by atoms with van der Waals surface area (Å²) in [5.74, 6) is 0.700. The molecule has 0 saturated carbocycles. The van der Waals surface area contributed by atoms with Crippen LogP contribution in [0.2, 0.25) is 0 Å². The Morgan fingerprint density at radius 2 is 2.22 bits per heavy atom. The minimum Gasteiger partial charge on any atom is -0.377 e. The summed E-state index contributed by atoms with van der Waals surface area (Å²) in [5, 5.41) is 11.3. The van der Waals surface area contributed by atoms with Crippen molar-refractivity contribution in [3.63, 3.8) is 0 Å². The van der Waals surface area contributed by atoms with Crippen LogP contribution in [0.3, 0.4) is 0 Å². The molecule has 3 rings (SSSR count). The quantitative estimate of drug-likeness (QED) is 0.617. The number of aromatic nitrogens is 4. The zero-order valence-corrected chi connectivity index (χ0v) is 13.6. The first-order chi connectivity index (χ1) is 10.6. The second kappa shape index (κ2) is 6.88. The second-order valence-corrected chi connectivity index (χ2v) is 5.13. The molecule has 0 aromatic carbocycles. The number of hydrogen-bond donors (Lipinski definition) is 0. The van der Waals surface area contributed by atoms with Gasteiger partial charge in [0, 0.05) is 18.9 Å². The summed E-state index contributed by atoms with van der Waals surface area (Å²) >= 11 is 0. The maximum Gasteiger partial charge on any atom is 0.333 e. The summed E-state index contributed by atoms with van der Waals surface area (Å²) in [6, 6.07) is 0.116. The van der Waals surface area contributed by atoms with Crippen molar-refractivity contribution >= 4 is 24.0 Å². The third-order valence-electron chi connectivity index (χ3n) is 3.58. The van der Waals surface area contributed by atoms with Gasteiger partial charge in [-0.3, -0.25) is 14.7 Å². The van der Waals surface area contributed by atoms with Gasteiger partial charge in [0.25, 0.3) is 0 Å². The Kier molecular flexibility index (Phi) is 5.12. The summed E-state index contributed by atoms with van der Waals surface area (Å²) in [7, 11) is 0. The fraction of sp³-hybridized carbons (Fsp3) is 0.462. The van der Waals surface area contributed by atoms with Crippen LogP contribution >= 0.6 is 12.4 Å². The fourth-order valence-electron chi connectivity index (χ4n) is 2.47. The van der Waals surface area contributed by atoms with Gasteiger partial charge in [0.2, 0.25) is 11.8 Å². The number of nitrogens with zero attached hydrogens (tertiary/aromatic N) is 6. The maximum atomic E-state index is 11.3. The maximum absolute atomic E-state index is 11.3. The molecule has 1 atom stereocenters. The lowest BCUT2D eigenvalue weighted by Crippen LogP contribution is -2.44. The molecule has 10 heteroatoms. The van der Waals surface area contributed by atoms with Crippen molar-refractivity contribution in [1.29, 1.82) is 0 Å². The molecule has 1 fully saturated rings.